The van der Waals surface area contributed by atoms with E-state index in [1.807, 2.05) is 0 Å². The van der Waals surface area contributed by atoms with Gasteiger partial charge in [0.05, 0.1) is 43.5 Å². The lowest BCUT2D eigenvalue weighted by Gasteiger charge is -2.71. The zero-order valence-electron chi connectivity index (χ0n) is 48.4. The minimum Gasteiger partial charge on any atom is -0.432 e. The number of allylic oxidation sites excluding steroid dienone is 3. The van der Waals surface area contributed by atoms with Crippen molar-refractivity contribution in [2.75, 3.05) is 19.8 Å². The maximum Gasteiger partial charge on any atom is 0.315 e. The molecule has 5 aliphatic carbocycles. The molecule has 0 amide bonds. The van der Waals surface area contributed by atoms with Crippen LogP contribution in [0, 0.1) is 44.8 Å². The van der Waals surface area contributed by atoms with Crippen LogP contribution in [-0.4, -0.2) is 251 Å². The quantitative estimate of drug-likeness (QED) is 0.0572. The fourth-order valence-corrected chi connectivity index (χ4v) is 17.2. The van der Waals surface area contributed by atoms with Crippen molar-refractivity contribution >= 4 is 5.97 Å². The highest BCUT2D eigenvalue weighted by atomic mass is 16.8. The third-order valence-corrected chi connectivity index (χ3v) is 22.5. The van der Waals surface area contributed by atoms with Gasteiger partial charge in [0, 0.05) is 5.92 Å². The summed E-state index contributed by atoms with van der Waals surface area (Å²) in [6.07, 6.45) is -30.1. The first-order valence-electron chi connectivity index (χ1n) is 29.8. The number of hydrogen-bond donors (Lipinski definition) is 14. The molecular weight excluding hydrogens is 1100 g/mol. The number of carbonyl (C=O) groups excluding carboxylic acids is 1. The van der Waals surface area contributed by atoms with Crippen molar-refractivity contribution in [3.05, 3.63) is 23.8 Å². The van der Waals surface area contributed by atoms with Crippen LogP contribution >= 0.6 is 0 Å². The molecule has 0 aromatic rings. The summed E-state index contributed by atoms with van der Waals surface area (Å²) in [6.45, 7) is 16.8. The zero-order chi connectivity index (χ0) is 60.4. The Balaban J connectivity index is 0.853. The van der Waals surface area contributed by atoms with E-state index in [1.54, 1.807) is 0 Å². The van der Waals surface area contributed by atoms with Gasteiger partial charge in [0.1, 0.15) is 104 Å². The van der Waals surface area contributed by atoms with E-state index >= 15 is 0 Å². The van der Waals surface area contributed by atoms with Gasteiger partial charge in [0.2, 0.25) is 6.29 Å². The van der Waals surface area contributed by atoms with Crippen molar-refractivity contribution in [2.45, 2.75) is 266 Å². The minimum absolute atomic E-state index is 0.117. The number of aliphatic hydroxyl groups excluding tert-OH is 14. The molecule has 5 saturated heterocycles. The molecule has 4 saturated carbocycles. The fourth-order valence-electron chi connectivity index (χ4n) is 17.2. The highest BCUT2D eigenvalue weighted by molar-refractivity contribution is 5.79. The van der Waals surface area contributed by atoms with Crippen molar-refractivity contribution in [3.63, 3.8) is 0 Å². The van der Waals surface area contributed by atoms with Crippen molar-refractivity contribution in [2.24, 2.45) is 44.8 Å². The predicted molar refractivity (Wildman–Crippen MR) is 282 cm³/mol. The molecule has 5 aliphatic heterocycles. The van der Waals surface area contributed by atoms with Crippen LogP contribution in [-0.2, 0) is 52.2 Å². The van der Waals surface area contributed by atoms with E-state index in [0.717, 1.165) is 31.3 Å². The van der Waals surface area contributed by atoms with Gasteiger partial charge in [-0.25, -0.2) is 0 Å². The van der Waals surface area contributed by atoms with Crippen LogP contribution in [0.25, 0.3) is 0 Å². The maximum absolute atomic E-state index is 14.7. The molecule has 5 heterocycles. The molecule has 474 valence electrons. The van der Waals surface area contributed by atoms with Crippen LogP contribution in [0.2, 0.25) is 0 Å². The third-order valence-electron chi connectivity index (χ3n) is 22.5. The summed E-state index contributed by atoms with van der Waals surface area (Å²) in [7, 11) is 0. The highest BCUT2D eigenvalue weighted by Crippen LogP contribution is 2.75. The number of carbonyl (C=O) groups is 1. The number of rotatable bonds is 12. The van der Waals surface area contributed by atoms with Gasteiger partial charge in [-0.1, -0.05) is 58.4 Å². The Kier molecular flexibility index (Phi) is 18.3. The molecule has 10 rings (SSSR count). The molecule has 25 nitrogen and oxygen atoms in total. The molecule has 9 fully saturated rings. The van der Waals surface area contributed by atoms with Crippen molar-refractivity contribution in [1.29, 1.82) is 0 Å². The summed E-state index contributed by atoms with van der Waals surface area (Å²) in [5.41, 5.74) is 0.0168. The molecule has 32 atom stereocenters. The van der Waals surface area contributed by atoms with E-state index in [2.05, 4.69) is 47.3 Å². The SMILES string of the molecule is C=C1CC[C@]2(C(=O)O[C@@H]3O[C@H](CO)[C@@H](O)[C@H](O)[C@H]3O)CC[C@]3(C)C(=CC[C@@H]4[C@@]5(C)CC[C@H](O[C@@H]6OC[C@@H](O)[C@H](O[C@@H]7O[C@H](CO)[C@@H](O[C@@H]8O[C@@H](C)[C@H](O)[C@@H](O)[C@H]8O)[C@H](O)[C@H]7O[C@@H]7O[C@@H](C)[C@H](O)[C@@H](O)[C@H]7O)[C@H]6O)C(C)(C)[C@@H]5CC[C@]43C)[C@@H]2C1. The third kappa shape index (κ3) is 10.6. The van der Waals surface area contributed by atoms with E-state index in [-0.39, 0.29) is 40.6 Å². The number of hydrogen-bond acceptors (Lipinski definition) is 25. The van der Waals surface area contributed by atoms with Crippen molar-refractivity contribution in [3.8, 4) is 0 Å². The molecule has 0 spiro atoms. The summed E-state index contributed by atoms with van der Waals surface area (Å²) in [5, 5.41) is 152. The summed E-state index contributed by atoms with van der Waals surface area (Å²) in [5.74, 6) is -0.463. The maximum atomic E-state index is 14.7. The summed E-state index contributed by atoms with van der Waals surface area (Å²) < 4.78 is 60.3. The topological polar surface area (TPSA) is 393 Å². The van der Waals surface area contributed by atoms with Crippen molar-refractivity contribution < 1.29 is 124 Å². The molecule has 0 aromatic heterocycles. The van der Waals surface area contributed by atoms with Crippen LogP contribution in [0.1, 0.15) is 113 Å². The number of esters is 1. The molecule has 0 unspecified atom stereocenters. The van der Waals surface area contributed by atoms with E-state index in [1.165, 1.54) is 19.4 Å². The smallest absolute Gasteiger partial charge is 0.315 e. The van der Waals surface area contributed by atoms with Crippen LogP contribution in [0.4, 0.5) is 0 Å². The van der Waals surface area contributed by atoms with Crippen molar-refractivity contribution in [1.82, 2.24) is 0 Å². The molecule has 10 aliphatic rings. The summed E-state index contributed by atoms with van der Waals surface area (Å²) in [4.78, 5) is 14.7. The second kappa shape index (κ2) is 23.8. The lowest BCUT2D eigenvalue weighted by Crippen LogP contribution is -2.68. The number of ether oxygens (including phenoxy) is 10. The zero-order valence-corrected chi connectivity index (χ0v) is 48.4. The van der Waals surface area contributed by atoms with Gasteiger partial charge in [-0.3, -0.25) is 4.79 Å². The Labute approximate surface area is 483 Å². The van der Waals surface area contributed by atoms with E-state index in [4.69, 9.17) is 47.4 Å². The minimum atomic E-state index is -1.93. The Bertz CT molecular complexity index is 2340. The molecule has 14 N–H and O–H groups in total. The van der Waals surface area contributed by atoms with Gasteiger partial charge < -0.3 is 119 Å². The standard InChI is InChI=1S/C58H92O25/c1-23-11-16-58(53(73)83-51-42(70)39(67)36(64)29(20-59)77-51)18-17-56(7)26(27(58)19-23)9-10-32-55(6)14-13-33(54(4,5)31(55)12-15-57(32,56)8)79-48-44(72)45(28(61)22-74-48)80-52-47(82-50-41(69)38(66)35(63)25(3)76-50)43(71)46(30(21-60)78-52)81-49-40(68)37(65)34(62)24(2)75-49/h9,24-25,27-52,59-72H,1,10-22H2,2-8H3/t24-,25-,27-,28+,29+,30+,31-,32+,33-,34-,35-,36+,37+,38+,39-,40+,41+,42+,43-,44+,45-,46+,47+,48-,49-,50-,51-,52-,55-,56+,57+,58-/m0/s1. The summed E-state index contributed by atoms with van der Waals surface area (Å²) in [6, 6.07) is 0. The highest BCUT2D eigenvalue weighted by Gasteiger charge is 2.70. The van der Waals surface area contributed by atoms with Gasteiger partial charge in [-0.2, -0.15) is 0 Å². The Morgan fingerprint density at radius 1 is 0.578 bits per heavy atom. The van der Waals surface area contributed by atoms with Gasteiger partial charge in [-0.05, 0) is 112 Å². The first kappa shape index (κ1) is 64.0. The van der Waals surface area contributed by atoms with Gasteiger partial charge in [0.25, 0.3) is 0 Å². The molecule has 0 aromatic carbocycles. The Morgan fingerprint density at radius 3 is 1.78 bits per heavy atom. The first-order chi connectivity index (χ1) is 39.0. The first-order valence-corrected chi connectivity index (χ1v) is 29.8. The molecule has 83 heavy (non-hydrogen) atoms. The average Bonchev–Trinajstić information content (AvgIpc) is 0.791. The van der Waals surface area contributed by atoms with Crippen LogP contribution in [0.3, 0.4) is 0 Å². The number of fused-ring (bicyclic) bond motifs is 7. The molecule has 25 heteroatoms. The van der Waals surface area contributed by atoms with E-state index in [9.17, 15) is 76.3 Å². The number of aliphatic hydroxyl groups is 14. The normalized spacial score (nSPS) is 54.5. The van der Waals surface area contributed by atoms with Crippen LogP contribution < -0.4 is 0 Å². The predicted octanol–water partition coefficient (Wildman–Crippen LogP) is -1.99. The summed E-state index contributed by atoms with van der Waals surface area (Å²) >= 11 is 0. The molecule has 0 bridgehead atoms. The molecular formula is C58H92O25. The van der Waals surface area contributed by atoms with E-state index in [0.29, 0.717) is 38.5 Å². The van der Waals surface area contributed by atoms with Gasteiger partial charge in [0.15, 0.2) is 25.2 Å². The van der Waals surface area contributed by atoms with E-state index < -0.39 is 184 Å². The van der Waals surface area contributed by atoms with Crippen LogP contribution in [0.5, 0.6) is 0 Å². The van der Waals surface area contributed by atoms with Gasteiger partial charge >= 0.3 is 5.97 Å². The van der Waals surface area contributed by atoms with Crippen LogP contribution in [0.15, 0.2) is 23.8 Å². The average molecular weight is 1190 g/mol. The Hall–Kier alpha value is -1.97. The molecule has 0 radical (unpaired) electrons. The lowest BCUT2D eigenvalue weighted by molar-refractivity contribution is -0.399. The monoisotopic (exact) mass is 1190 g/mol. The lowest BCUT2D eigenvalue weighted by atomic mass is 9.34. The second-order valence-electron chi connectivity index (χ2n) is 27.2. The largest absolute Gasteiger partial charge is 0.432 e. The second-order valence-corrected chi connectivity index (χ2v) is 27.2. The Morgan fingerprint density at radius 2 is 1.16 bits per heavy atom. The fraction of sp³-hybridized carbons (Fsp3) is 0.914. The van der Waals surface area contributed by atoms with Gasteiger partial charge in [-0.15, -0.1) is 0 Å².